The molecule has 3 N–H and O–H groups in total. The molecule has 0 aliphatic heterocycles. The van der Waals surface area contributed by atoms with Gasteiger partial charge in [0.15, 0.2) is 5.65 Å². The number of alkyl halides is 2. The van der Waals surface area contributed by atoms with Crippen LogP contribution in [0, 0.1) is 0 Å². The summed E-state index contributed by atoms with van der Waals surface area (Å²) in [4.78, 5) is 29.8. The maximum absolute atomic E-state index is 13.6. The van der Waals surface area contributed by atoms with E-state index >= 15 is 0 Å². The predicted octanol–water partition coefficient (Wildman–Crippen LogP) is 2.19. The monoisotopic (exact) mass is 429 g/mol. The average molecular weight is 429 g/mol. The van der Waals surface area contributed by atoms with Gasteiger partial charge in [0.25, 0.3) is 11.5 Å². The van der Waals surface area contributed by atoms with Crippen molar-refractivity contribution in [3.63, 3.8) is 0 Å². The standard InChI is InChI=1S/C20H21F2N7O2/c1-23-17-8-16(25-14-3-2-6-28(20(14)31)15-7-12(15)22)27-18-10(9-24-29(17)18)19(30)26-13-5-4-11(13)21/h2-3,6,8-9,11-13,15,23H,4-5,7H2,1H3,(H,25,27)(H,26,30)/t11-,12-,13?,15-/m0/s1. The lowest BCUT2D eigenvalue weighted by molar-refractivity contribution is 0.0826. The highest BCUT2D eigenvalue weighted by atomic mass is 19.1. The molecule has 31 heavy (non-hydrogen) atoms. The molecule has 2 aliphatic rings. The van der Waals surface area contributed by atoms with Gasteiger partial charge in [-0.1, -0.05) is 0 Å². The van der Waals surface area contributed by atoms with Crippen LogP contribution in [0.25, 0.3) is 5.65 Å². The van der Waals surface area contributed by atoms with E-state index in [4.69, 9.17) is 0 Å². The van der Waals surface area contributed by atoms with E-state index in [1.807, 2.05) is 0 Å². The van der Waals surface area contributed by atoms with Crippen LogP contribution in [0.15, 0.2) is 35.4 Å². The van der Waals surface area contributed by atoms with Crippen LogP contribution in [0.5, 0.6) is 0 Å². The number of anilines is 3. The Kier molecular flexibility index (Phi) is 4.60. The van der Waals surface area contributed by atoms with E-state index in [2.05, 4.69) is 26.0 Å². The number of fused-ring (bicyclic) bond motifs is 1. The Morgan fingerprint density at radius 2 is 2.06 bits per heavy atom. The number of nitrogens with zero attached hydrogens (tertiary/aromatic N) is 4. The number of rotatable bonds is 6. The number of carbonyl (C=O) groups is 1. The first-order valence-electron chi connectivity index (χ1n) is 10.1. The van der Waals surface area contributed by atoms with Crippen LogP contribution in [0.1, 0.15) is 35.7 Å². The van der Waals surface area contributed by atoms with E-state index in [1.54, 1.807) is 31.4 Å². The molecule has 2 aliphatic carbocycles. The third kappa shape index (κ3) is 3.39. The van der Waals surface area contributed by atoms with Crippen molar-refractivity contribution in [2.24, 2.45) is 0 Å². The third-order valence-electron chi connectivity index (χ3n) is 5.75. The van der Waals surface area contributed by atoms with Crippen molar-refractivity contribution < 1.29 is 13.6 Å². The molecule has 1 amide bonds. The van der Waals surface area contributed by atoms with Gasteiger partial charge >= 0.3 is 0 Å². The summed E-state index contributed by atoms with van der Waals surface area (Å²) in [7, 11) is 1.69. The summed E-state index contributed by atoms with van der Waals surface area (Å²) in [5.74, 6) is 0.375. The predicted molar refractivity (Wildman–Crippen MR) is 110 cm³/mol. The molecule has 162 valence electrons. The molecule has 0 aromatic carbocycles. The molecule has 3 aromatic heterocycles. The second-order valence-corrected chi connectivity index (χ2v) is 7.82. The Bertz CT molecular complexity index is 1220. The van der Waals surface area contributed by atoms with Gasteiger partial charge in [0, 0.05) is 25.7 Å². The quantitative estimate of drug-likeness (QED) is 0.555. The Hall–Kier alpha value is -3.50. The fourth-order valence-corrected chi connectivity index (χ4v) is 3.68. The minimum atomic E-state index is -1.04. The number of hydrogen-bond acceptors (Lipinski definition) is 6. The summed E-state index contributed by atoms with van der Waals surface area (Å²) in [6.45, 7) is 0. The van der Waals surface area contributed by atoms with Gasteiger partial charge in [-0.3, -0.25) is 9.59 Å². The lowest BCUT2D eigenvalue weighted by Gasteiger charge is -2.30. The Morgan fingerprint density at radius 3 is 2.71 bits per heavy atom. The maximum atomic E-state index is 13.6. The van der Waals surface area contributed by atoms with Crippen LogP contribution >= 0.6 is 0 Å². The Morgan fingerprint density at radius 1 is 1.26 bits per heavy atom. The van der Waals surface area contributed by atoms with E-state index in [0.717, 1.165) is 0 Å². The molecule has 2 saturated carbocycles. The van der Waals surface area contributed by atoms with E-state index in [1.165, 1.54) is 15.3 Å². The van der Waals surface area contributed by atoms with Gasteiger partial charge in [-0.2, -0.15) is 9.61 Å². The molecule has 3 heterocycles. The van der Waals surface area contributed by atoms with Gasteiger partial charge in [0.2, 0.25) is 0 Å². The number of aromatic nitrogens is 4. The second-order valence-electron chi connectivity index (χ2n) is 7.82. The molecule has 11 heteroatoms. The zero-order valence-corrected chi connectivity index (χ0v) is 16.7. The summed E-state index contributed by atoms with van der Waals surface area (Å²) in [6, 6.07) is 3.94. The highest BCUT2D eigenvalue weighted by Crippen LogP contribution is 2.37. The van der Waals surface area contributed by atoms with Gasteiger partial charge in [0.05, 0.1) is 18.3 Å². The molecule has 1 unspecified atom stereocenters. The summed E-state index contributed by atoms with van der Waals surface area (Å²) >= 11 is 0. The average Bonchev–Trinajstić information content (AvgIpc) is 3.32. The summed E-state index contributed by atoms with van der Waals surface area (Å²) < 4.78 is 29.8. The molecule has 0 spiro atoms. The topological polar surface area (TPSA) is 105 Å². The van der Waals surface area contributed by atoms with Crippen LogP contribution in [-0.2, 0) is 0 Å². The minimum absolute atomic E-state index is 0.197. The smallest absolute Gasteiger partial charge is 0.274 e. The summed E-state index contributed by atoms with van der Waals surface area (Å²) in [6.07, 6.45) is 2.24. The van der Waals surface area contributed by atoms with E-state index in [-0.39, 0.29) is 22.5 Å². The molecular formula is C20H21F2N7O2. The lowest BCUT2D eigenvalue weighted by atomic mass is 9.90. The van der Waals surface area contributed by atoms with Crippen LogP contribution in [0.3, 0.4) is 0 Å². The first-order valence-corrected chi connectivity index (χ1v) is 10.1. The van der Waals surface area contributed by atoms with E-state index in [0.29, 0.717) is 30.9 Å². The molecule has 2 fully saturated rings. The molecule has 0 bridgehead atoms. The Balaban J connectivity index is 1.48. The third-order valence-corrected chi connectivity index (χ3v) is 5.75. The van der Waals surface area contributed by atoms with Crippen molar-refractivity contribution in [2.45, 2.75) is 43.7 Å². The zero-order chi connectivity index (χ0) is 21.7. The number of nitrogens with one attached hydrogen (secondary N) is 3. The van der Waals surface area contributed by atoms with Gasteiger partial charge in [0.1, 0.15) is 35.2 Å². The zero-order valence-electron chi connectivity index (χ0n) is 16.7. The summed E-state index contributed by atoms with van der Waals surface area (Å²) in [5, 5.41) is 12.8. The van der Waals surface area contributed by atoms with Gasteiger partial charge < -0.3 is 20.5 Å². The van der Waals surface area contributed by atoms with Crippen LogP contribution in [0.4, 0.5) is 26.1 Å². The fraction of sp³-hybridized carbons (Fsp3) is 0.400. The first kappa shape index (κ1) is 19.5. The van der Waals surface area contributed by atoms with Crippen LogP contribution in [0.2, 0.25) is 0 Å². The van der Waals surface area contributed by atoms with Crippen molar-refractivity contribution in [3.05, 3.63) is 46.5 Å². The molecular weight excluding hydrogens is 408 g/mol. The van der Waals surface area contributed by atoms with E-state index < -0.39 is 30.3 Å². The van der Waals surface area contributed by atoms with Crippen molar-refractivity contribution in [1.82, 2.24) is 24.5 Å². The molecule has 0 radical (unpaired) electrons. The van der Waals surface area contributed by atoms with Crippen molar-refractivity contribution in [3.8, 4) is 0 Å². The number of hydrogen-bond donors (Lipinski definition) is 3. The molecule has 4 atom stereocenters. The molecule has 5 rings (SSSR count). The molecule has 3 aromatic rings. The number of pyridine rings is 1. The maximum Gasteiger partial charge on any atom is 0.274 e. The highest BCUT2D eigenvalue weighted by Gasteiger charge is 2.40. The SMILES string of the molecule is CNc1cc(Nc2cccn([C@H]3C[C@@H]3F)c2=O)nc2c(C(=O)NC3CC[C@@H]3F)cnn12. The van der Waals surface area contributed by atoms with Crippen LogP contribution in [-0.4, -0.2) is 50.5 Å². The number of halogens is 2. The van der Waals surface area contributed by atoms with E-state index in [9.17, 15) is 18.4 Å². The Labute approximate surface area is 175 Å². The number of amides is 1. The first-order chi connectivity index (χ1) is 15.0. The van der Waals surface area contributed by atoms with Crippen molar-refractivity contribution >= 4 is 28.9 Å². The van der Waals surface area contributed by atoms with Gasteiger partial charge in [-0.05, 0) is 25.0 Å². The minimum Gasteiger partial charge on any atom is -0.373 e. The largest absolute Gasteiger partial charge is 0.373 e. The highest BCUT2D eigenvalue weighted by molar-refractivity contribution is 6.00. The molecule has 9 nitrogen and oxygen atoms in total. The fourth-order valence-electron chi connectivity index (χ4n) is 3.68. The van der Waals surface area contributed by atoms with Gasteiger partial charge in [-0.25, -0.2) is 13.8 Å². The van der Waals surface area contributed by atoms with Gasteiger partial charge in [-0.15, -0.1) is 0 Å². The van der Waals surface area contributed by atoms with Crippen molar-refractivity contribution in [1.29, 1.82) is 0 Å². The number of carbonyl (C=O) groups excluding carboxylic acids is 1. The van der Waals surface area contributed by atoms with Crippen LogP contribution < -0.4 is 21.5 Å². The molecule has 0 saturated heterocycles. The second kappa shape index (κ2) is 7.33. The summed E-state index contributed by atoms with van der Waals surface area (Å²) in [5.41, 5.74) is 0.332. The lowest BCUT2D eigenvalue weighted by Crippen LogP contribution is -2.48. The van der Waals surface area contributed by atoms with Crippen molar-refractivity contribution in [2.75, 3.05) is 17.7 Å². The normalized spacial score (nSPS) is 24.5.